The van der Waals surface area contributed by atoms with Gasteiger partial charge in [0.05, 0.1) is 0 Å². The first-order valence-corrected chi connectivity index (χ1v) is 5.58. The van der Waals surface area contributed by atoms with Crippen molar-refractivity contribution in [3.63, 3.8) is 0 Å². The lowest BCUT2D eigenvalue weighted by atomic mass is 10.0. The zero-order valence-electron chi connectivity index (χ0n) is 9.77. The molecule has 0 aliphatic carbocycles. The molecular formula is C12H18N2S. The fourth-order valence-corrected chi connectivity index (χ4v) is 1.67. The largest absolute Gasteiger partial charge is 0.363 e. The van der Waals surface area contributed by atoms with Crippen molar-refractivity contribution in [1.82, 2.24) is 5.32 Å². The van der Waals surface area contributed by atoms with E-state index in [0.717, 1.165) is 12.2 Å². The molecule has 0 amide bonds. The first kappa shape index (κ1) is 12.0. The SMILES string of the molecule is CCNC(=S)Nc1ccc(C)c(C)c1C. The van der Waals surface area contributed by atoms with Gasteiger partial charge in [0, 0.05) is 12.2 Å². The van der Waals surface area contributed by atoms with Gasteiger partial charge in [-0.1, -0.05) is 6.07 Å². The van der Waals surface area contributed by atoms with E-state index in [1.54, 1.807) is 0 Å². The standard InChI is InChI=1S/C12H18N2S/c1-5-13-12(15)14-11-7-6-8(2)9(3)10(11)4/h6-7H,5H2,1-4H3,(H2,13,14,15). The number of aryl methyl sites for hydroxylation is 1. The number of anilines is 1. The summed E-state index contributed by atoms with van der Waals surface area (Å²) >= 11 is 5.15. The summed E-state index contributed by atoms with van der Waals surface area (Å²) in [5.41, 5.74) is 4.98. The van der Waals surface area contributed by atoms with E-state index in [1.807, 2.05) is 6.92 Å². The van der Waals surface area contributed by atoms with Gasteiger partial charge in [0.15, 0.2) is 5.11 Å². The minimum atomic E-state index is 0.684. The van der Waals surface area contributed by atoms with Crippen LogP contribution >= 0.6 is 12.2 Å². The molecule has 0 fully saturated rings. The summed E-state index contributed by atoms with van der Waals surface area (Å²) in [6.07, 6.45) is 0. The fraction of sp³-hybridized carbons (Fsp3) is 0.417. The normalized spacial score (nSPS) is 9.87. The maximum absolute atomic E-state index is 5.15. The van der Waals surface area contributed by atoms with E-state index >= 15 is 0 Å². The van der Waals surface area contributed by atoms with Crippen molar-refractivity contribution in [3.8, 4) is 0 Å². The monoisotopic (exact) mass is 222 g/mol. The molecule has 0 atom stereocenters. The molecule has 0 unspecified atom stereocenters. The van der Waals surface area contributed by atoms with Crippen molar-refractivity contribution < 1.29 is 0 Å². The Bertz CT molecular complexity index is 372. The highest BCUT2D eigenvalue weighted by atomic mass is 32.1. The van der Waals surface area contributed by atoms with Crippen LogP contribution in [-0.2, 0) is 0 Å². The highest BCUT2D eigenvalue weighted by molar-refractivity contribution is 7.80. The Morgan fingerprint density at radius 2 is 1.87 bits per heavy atom. The molecule has 1 rings (SSSR count). The van der Waals surface area contributed by atoms with Crippen LogP contribution in [0.1, 0.15) is 23.6 Å². The summed E-state index contributed by atoms with van der Waals surface area (Å²) in [5.74, 6) is 0. The molecule has 0 radical (unpaired) electrons. The molecular weight excluding hydrogens is 204 g/mol. The van der Waals surface area contributed by atoms with Crippen LogP contribution in [0.3, 0.4) is 0 Å². The quantitative estimate of drug-likeness (QED) is 0.752. The van der Waals surface area contributed by atoms with Crippen LogP contribution in [0, 0.1) is 20.8 Å². The molecule has 1 aromatic rings. The molecule has 0 aliphatic rings. The smallest absolute Gasteiger partial charge is 0.170 e. The molecule has 2 N–H and O–H groups in total. The zero-order valence-corrected chi connectivity index (χ0v) is 10.6. The van der Waals surface area contributed by atoms with Gasteiger partial charge in [0.1, 0.15) is 0 Å². The molecule has 15 heavy (non-hydrogen) atoms. The van der Waals surface area contributed by atoms with Gasteiger partial charge in [-0.3, -0.25) is 0 Å². The molecule has 0 heterocycles. The van der Waals surface area contributed by atoms with E-state index < -0.39 is 0 Å². The number of hydrogen-bond donors (Lipinski definition) is 2. The summed E-state index contributed by atoms with van der Waals surface area (Å²) in [5, 5.41) is 6.96. The van der Waals surface area contributed by atoms with Crippen LogP contribution in [0.15, 0.2) is 12.1 Å². The predicted octanol–water partition coefficient (Wildman–Crippen LogP) is 2.92. The predicted molar refractivity (Wildman–Crippen MR) is 70.6 cm³/mol. The van der Waals surface area contributed by atoms with Crippen LogP contribution in [0.5, 0.6) is 0 Å². The molecule has 0 aliphatic heterocycles. The number of thiocarbonyl (C=S) groups is 1. The molecule has 0 spiro atoms. The molecule has 0 saturated heterocycles. The number of hydrogen-bond acceptors (Lipinski definition) is 1. The van der Waals surface area contributed by atoms with Gasteiger partial charge in [0.2, 0.25) is 0 Å². The van der Waals surface area contributed by atoms with Gasteiger partial charge in [-0.2, -0.15) is 0 Å². The second kappa shape index (κ2) is 5.12. The lowest BCUT2D eigenvalue weighted by Gasteiger charge is -2.14. The van der Waals surface area contributed by atoms with Crippen molar-refractivity contribution in [2.24, 2.45) is 0 Å². The highest BCUT2D eigenvalue weighted by Gasteiger charge is 2.04. The molecule has 3 heteroatoms. The van der Waals surface area contributed by atoms with Crippen molar-refractivity contribution in [1.29, 1.82) is 0 Å². The third-order valence-electron chi connectivity index (χ3n) is 2.64. The highest BCUT2D eigenvalue weighted by Crippen LogP contribution is 2.21. The second-order valence-electron chi connectivity index (χ2n) is 3.66. The topological polar surface area (TPSA) is 24.1 Å². The molecule has 2 nitrogen and oxygen atoms in total. The average Bonchev–Trinajstić information content (AvgIpc) is 2.20. The third kappa shape index (κ3) is 2.93. The Morgan fingerprint density at radius 1 is 1.20 bits per heavy atom. The number of benzene rings is 1. The van der Waals surface area contributed by atoms with Crippen molar-refractivity contribution >= 4 is 23.0 Å². The van der Waals surface area contributed by atoms with Gasteiger partial charge in [-0.15, -0.1) is 0 Å². The maximum Gasteiger partial charge on any atom is 0.170 e. The number of nitrogens with one attached hydrogen (secondary N) is 2. The van der Waals surface area contributed by atoms with Crippen molar-refractivity contribution in [3.05, 3.63) is 28.8 Å². The van der Waals surface area contributed by atoms with Crippen molar-refractivity contribution in [2.75, 3.05) is 11.9 Å². The fourth-order valence-electron chi connectivity index (χ4n) is 1.42. The Hall–Kier alpha value is -1.09. The summed E-state index contributed by atoms with van der Waals surface area (Å²) in [6, 6.07) is 4.18. The first-order chi connectivity index (χ1) is 7.06. The van der Waals surface area contributed by atoms with Gasteiger partial charge < -0.3 is 10.6 Å². The third-order valence-corrected chi connectivity index (χ3v) is 2.89. The van der Waals surface area contributed by atoms with E-state index in [-0.39, 0.29) is 0 Å². The molecule has 0 aromatic heterocycles. The van der Waals surface area contributed by atoms with Gasteiger partial charge in [-0.05, 0) is 62.7 Å². The van der Waals surface area contributed by atoms with E-state index in [1.165, 1.54) is 16.7 Å². The van der Waals surface area contributed by atoms with E-state index in [4.69, 9.17) is 12.2 Å². The minimum absolute atomic E-state index is 0.684. The van der Waals surface area contributed by atoms with Crippen LogP contribution in [-0.4, -0.2) is 11.7 Å². The maximum atomic E-state index is 5.15. The van der Waals surface area contributed by atoms with Crippen LogP contribution < -0.4 is 10.6 Å². The summed E-state index contributed by atoms with van der Waals surface area (Å²) in [4.78, 5) is 0. The minimum Gasteiger partial charge on any atom is -0.363 e. The van der Waals surface area contributed by atoms with Crippen LogP contribution in [0.2, 0.25) is 0 Å². The van der Waals surface area contributed by atoms with Gasteiger partial charge >= 0.3 is 0 Å². The number of rotatable bonds is 2. The van der Waals surface area contributed by atoms with Crippen molar-refractivity contribution in [2.45, 2.75) is 27.7 Å². The summed E-state index contributed by atoms with van der Waals surface area (Å²) < 4.78 is 0. The lowest BCUT2D eigenvalue weighted by molar-refractivity contribution is 0.979. The van der Waals surface area contributed by atoms with Gasteiger partial charge in [-0.25, -0.2) is 0 Å². The Kier molecular flexibility index (Phi) is 4.09. The average molecular weight is 222 g/mol. The van der Waals surface area contributed by atoms with Gasteiger partial charge in [0.25, 0.3) is 0 Å². The Labute approximate surface area is 97.1 Å². The molecule has 82 valence electrons. The molecule has 1 aromatic carbocycles. The Balaban J connectivity index is 2.87. The summed E-state index contributed by atoms with van der Waals surface area (Å²) in [6.45, 7) is 9.23. The molecule has 0 bridgehead atoms. The molecule has 0 saturated carbocycles. The van der Waals surface area contributed by atoms with Crippen LogP contribution in [0.25, 0.3) is 0 Å². The first-order valence-electron chi connectivity index (χ1n) is 5.18. The van der Waals surface area contributed by atoms with E-state index in [0.29, 0.717) is 5.11 Å². The lowest BCUT2D eigenvalue weighted by Crippen LogP contribution is -2.28. The van der Waals surface area contributed by atoms with Crippen LogP contribution in [0.4, 0.5) is 5.69 Å². The zero-order chi connectivity index (χ0) is 11.4. The van der Waals surface area contributed by atoms with E-state index in [9.17, 15) is 0 Å². The summed E-state index contributed by atoms with van der Waals surface area (Å²) in [7, 11) is 0. The second-order valence-corrected chi connectivity index (χ2v) is 4.07. The Morgan fingerprint density at radius 3 is 2.47 bits per heavy atom. The van der Waals surface area contributed by atoms with E-state index in [2.05, 4.69) is 43.5 Å².